The summed E-state index contributed by atoms with van der Waals surface area (Å²) >= 11 is 0. The second-order valence-corrected chi connectivity index (χ2v) is 4.25. The highest BCUT2D eigenvalue weighted by molar-refractivity contribution is 4.91. The number of hydrogen-bond donors (Lipinski definition) is 1. The molecule has 0 aromatic rings. The highest BCUT2D eigenvalue weighted by Gasteiger charge is 2.52. The molecule has 0 aromatic heterocycles. The van der Waals surface area contributed by atoms with Crippen molar-refractivity contribution in [2.45, 2.75) is 37.3 Å². The summed E-state index contributed by atoms with van der Waals surface area (Å²) in [4.78, 5) is 0. The number of rotatable bonds is 0. The molecule has 1 heterocycles. The van der Waals surface area contributed by atoms with Gasteiger partial charge >= 0.3 is 6.18 Å². The fraction of sp³-hybridized carbons (Fsp3) is 1.00. The Morgan fingerprint density at radius 2 is 1.73 bits per heavy atom. The third kappa shape index (κ3) is 2.26. The molecule has 0 amide bonds. The number of ether oxygens (including phenoxy) is 2. The van der Waals surface area contributed by atoms with Crippen molar-refractivity contribution < 1.29 is 22.6 Å². The van der Waals surface area contributed by atoms with E-state index in [4.69, 9.17) is 15.2 Å². The van der Waals surface area contributed by atoms with Crippen molar-refractivity contribution in [3.05, 3.63) is 0 Å². The zero-order valence-electron chi connectivity index (χ0n) is 8.22. The van der Waals surface area contributed by atoms with Crippen LogP contribution in [-0.4, -0.2) is 31.2 Å². The largest absolute Gasteiger partial charge is 0.392 e. The maximum Gasteiger partial charge on any atom is 0.392 e. The van der Waals surface area contributed by atoms with Crippen molar-refractivity contribution in [3.63, 3.8) is 0 Å². The predicted molar refractivity (Wildman–Crippen MR) is 46.0 cm³/mol. The van der Waals surface area contributed by atoms with Gasteiger partial charge in [-0.3, -0.25) is 0 Å². The topological polar surface area (TPSA) is 44.5 Å². The standard InChI is InChI=1S/C9H14F3NO2/c10-9(11,12)6-3-7(13)5-8(4-6)14-1-2-15-8/h6-7H,1-5,13H2/t6-,7+/m1/s1. The molecular formula is C9H14F3NO2. The van der Waals surface area contributed by atoms with E-state index < -0.39 is 23.9 Å². The van der Waals surface area contributed by atoms with Crippen LogP contribution in [0.2, 0.25) is 0 Å². The van der Waals surface area contributed by atoms with E-state index in [1.54, 1.807) is 0 Å². The molecule has 0 unspecified atom stereocenters. The summed E-state index contributed by atoms with van der Waals surface area (Å²) in [5.74, 6) is -2.47. The molecule has 2 aliphatic rings. The first-order chi connectivity index (χ1) is 6.91. The van der Waals surface area contributed by atoms with Crippen molar-refractivity contribution in [2.24, 2.45) is 11.7 Å². The molecule has 1 saturated heterocycles. The first-order valence-corrected chi connectivity index (χ1v) is 5.01. The zero-order chi connectivity index (χ0) is 11.1. The van der Waals surface area contributed by atoms with Crippen LogP contribution in [0.25, 0.3) is 0 Å². The average Bonchev–Trinajstić information content (AvgIpc) is 2.50. The van der Waals surface area contributed by atoms with Crippen molar-refractivity contribution in [3.8, 4) is 0 Å². The van der Waals surface area contributed by atoms with Gasteiger partial charge in [0.25, 0.3) is 0 Å². The van der Waals surface area contributed by atoms with Crippen LogP contribution in [-0.2, 0) is 9.47 Å². The predicted octanol–water partition coefficient (Wildman–Crippen LogP) is 1.42. The summed E-state index contributed by atoms with van der Waals surface area (Å²) in [6.07, 6.45) is -4.00. The Kier molecular flexibility index (Phi) is 2.68. The van der Waals surface area contributed by atoms with Crippen molar-refractivity contribution in [2.75, 3.05) is 13.2 Å². The van der Waals surface area contributed by atoms with Gasteiger partial charge in [0.05, 0.1) is 19.1 Å². The molecule has 2 N–H and O–H groups in total. The van der Waals surface area contributed by atoms with E-state index in [1.165, 1.54) is 0 Å². The van der Waals surface area contributed by atoms with Gasteiger partial charge in [-0.25, -0.2) is 0 Å². The Balaban J connectivity index is 2.10. The smallest absolute Gasteiger partial charge is 0.347 e. The van der Waals surface area contributed by atoms with E-state index in [0.717, 1.165) is 0 Å². The Hall–Kier alpha value is -0.330. The highest BCUT2D eigenvalue weighted by Crippen LogP contribution is 2.44. The van der Waals surface area contributed by atoms with Gasteiger partial charge in [0, 0.05) is 18.9 Å². The molecule has 2 fully saturated rings. The molecule has 0 radical (unpaired) electrons. The molecule has 1 spiro atoms. The lowest BCUT2D eigenvalue weighted by molar-refractivity contribution is -0.246. The van der Waals surface area contributed by atoms with Crippen molar-refractivity contribution >= 4 is 0 Å². The summed E-state index contributed by atoms with van der Waals surface area (Å²) in [7, 11) is 0. The lowest BCUT2D eigenvalue weighted by atomic mass is 9.81. The Morgan fingerprint density at radius 1 is 1.13 bits per heavy atom. The third-order valence-electron chi connectivity index (χ3n) is 2.99. The van der Waals surface area contributed by atoms with Crippen LogP contribution >= 0.6 is 0 Å². The van der Waals surface area contributed by atoms with Gasteiger partial charge in [0.2, 0.25) is 0 Å². The van der Waals surface area contributed by atoms with Gasteiger partial charge in [-0.2, -0.15) is 13.2 Å². The minimum atomic E-state index is -4.21. The number of alkyl halides is 3. The fourth-order valence-corrected chi connectivity index (χ4v) is 2.37. The molecule has 1 saturated carbocycles. The van der Waals surface area contributed by atoms with Gasteiger partial charge in [-0.15, -0.1) is 0 Å². The molecule has 1 aliphatic heterocycles. The van der Waals surface area contributed by atoms with E-state index in [9.17, 15) is 13.2 Å². The van der Waals surface area contributed by atoms with Crippen LogP contribution in [0.4, 0.5) is 13.2 Å². The zero-order valence-corrected chi connectivity index (χ0v) is 8.22. The molecule has 2 atom stereocenters. The maximum absolute atomic E-state index is 12.6. The van der Waals surface area contributed by atoms with E-state index in [0.29, 0.717) is 19.6 Å². The van der Waals surface area contributed by atoms with Crippen molar-refractivity contribution in [1.82, 2.24) is 0 Å². The molecule has 1 aliphatic carbocycles. The molecular weight excluding hydrogens is 211 g/mol. The van der Waals surface area contributed by atoms with Crippen LogP contribution in [0.15, 0.2) is 0 Å². The SMILES string of the molecule is N[C@H]1C[C@@H](C(F)(F)F)CC2(C1)OCCO2. The van der Waals surface area contributed by atoms with Crippen molar-refractivity contribution in [1.29, 1.82) is 0 Å². The van der Waals surface area contributed by atoms with Crippen LogP contribution in [0.1, 0.15) is 19.3 Å². The number of hydrogen-bond acceptors (Lipinski definition) is 3. The van der Waals surface area contributed by atoms with Gasteiger partial charge in [-0.1, -0.05) is 0 Å². The third-order valence-corrected chi connectivity index (χ3v) is 2.99. The van der Waals surface area contributed by atoms with Crippen LogP contribution < -0.4 is 5.73 Å². The quantitative estimate of drug-likeness (QED) is 0.678. The second kappa shape index (κ2) is 3.61. The van der Waals surface area contributed by atoms with Crippen LogP contribution in [0.5, 0.6) is 0 Å². The maximum atomic E-state index is 12.6. The molecule has 0 aromatic carbocycles. The first kappa shape index (κ1) is 11.2. The lowest BCUT2D eigenvalue weighted by Gasteiger charge is -2.39. The Labute approximate surface area is 85.7 Å². The molecule has 3 nitrogen and oxygen atoms in total. The summed E-state index contributed by atoms with van der Waals surface area (Å²) in [6.45, 7) is 0.717. The van der Waals surface area contributed by atoms with Crippen LogP contribution in [0.3, 0.4) is 0 Å². The summed E-state index contributed by atoms with van der Waals surface area (Å²) in [5, 5.41) is 0. The van der Waals surface area contributed by atoms with Gasteiger partial charge in [0.15, 0.2) is 5.79 Å². The van der Waals surface area contributed by atoms with Gasteiger partial charge in [-0.05, 0) is 6.42 Å². The normalized spacial score (nSPS) is 36.0. The van der Waals surface area contributed by atoms with E-state index >= 15 is 0 Å². The summed E-state index contributed by atoms with van der Waals surface area (Å²) in [5.41, 5.74) is 5.62. The Bertz CT molecular complexity index is 238. The molecule has 0 bridgehead atoms. The highest BCUT2D eigenvalue weighted by atomic mass is 19.4. The van der Waals surface area contributed by atoms with Crippen LogP contribution in [0, 0.1) is 5.92 Å². The molecule has 15 heavy (non-hydrogen) atoms. The Morgan fingerprint density at radius 3 is 2.27 bits per heavy atom. The first-order valence-electron chi connectivity index (χ1n) is 5.01. The summed E-state index contributed by atoms with van der Waals surface area (Å²) in [6, 6.07) is -0.497. The number of halogens is 3. The van der Waals surface area contributed by atoms with Gasteiger partial charge in [0.1, 0.15) is 0 Å². The minimum absolute atomic E-state index is 0.0298. The van der Waals surface area contributed by atoms with Gasteiger partial charge < -0.3 is 15.2 Å². The van der Waals surface area contributed by atoms with E-state index in [-0.39, 0.29) is 12.8 Å². The second-order valence-electron chi connectivity index (χ2n) is 4.25. The van der Waals surface area contributed by atoms with E-state index in [2.05, 4.69) is 0 Å². The lowest BCUT2D eigenvalue weighted by Crippen LogP contribution is -2.49. The van der Waals surface area contributed by atoms with E-state index in [1.807, 2.05) is 0 Å². The molecule has 6 heteroatoms. The average molecular weight is 225 g/mol. The fourth-order valence-electron chi connectivity index (χ4n) is 2.37. The summed E-state index contributed by atoms with van der Waals surface area (Å²) < 4.78 is 48.3. The molecule has 2 rings (SSSR count). The molecule has 88 valence electrons. The minimum Gasteiger partial charge on any atom is -0.347 e. The number of nitrogens with two attached hydrogens (primary N) is 1. The monoisotopic (exact) mass is 225 g/mol.